The standard InChI is InChI=1S/C48H34N4O/c1-48(2)38-17-9-10-19-41(38)52-40-24-21-31(26-36(40)35-16-11-18-39(48)44(35)52)32-22-25-42-37(27-32)34-23-20-33(28-43(34)53-42)47-50-45(29-12-5-3-6-13-29)49-46(51-47)30-14-7-4-8-15-30/h3-7,9-14,16-28H,8,15H2,1-2H3. The van der Waals surface area contributed by atoms with Crippen LogP contribution in [0.15, 0.2) is 150 Å². The third-order valence-corrected chi connectivity index (χ3v) is 11.3. The molecule has 0 atom stereocenters. The lowest BCUT2D eigenvalue weighted by atomic mass is 9.75. The Morgan fingerprint density at radius 1 is 0.566 bits per heavy atom. The molecule has 11 rings (SSSR count). The first-order chi connectivity index (χ1) is 26.0. The van der Waals surface area contributed by atoms with E-state index in [2.05, 4.69) is 134 Å². The van der Waals surface area contributed by atoms with Crippen LogP contribution in [0.5, 0.6) is 0 Å². The Bertz CT molecular complexity index is 3030. The number of hydrogen-bond acceptors (Lipinski definition) is 4. The number of fused-ring (bicyclic) bond motifs is 8. The SMILES string of the molecule is CC1(C)c2ccccc2-n2c3ccc(-c4ccc5oc6cc(-c7nc(C8=CC=CCC8)nc(-c8ccccc8)n7)ccc6c5c4)cc3c3cccc1c32. The molecule has 6 aromatic carbocycles. The minimum absolute atomic E-state index is 0.0862. The lowest BCUT2D eigenvalue weighted by Gasteiger charge is -2.34. The van der Waals surface area contributed by atoms with Crippen molar-refractivity contribution >= 4 is 49.3 Å². The summed E-state index contributed by atoms with van der Waals surface area (Å²) in [5, 5.41) is 4.70. The molecule has 4 heterocycles. The van der Waals surface area contributed by atoms with Crippen molar-refractivity contribution < 1.29 is 4.42 Å². The topological polar surface area (TPSA) is 56.7 Å². The van der Waals surface area contributed by atoms with Gasteiger partial charge >= 0.3 is 0 Å². The highest BCUT2D eigenvalue weighted by atomic mass is 16.3. The van der Waals surface area contributed by atoms with E-state index in [9.17, 15) is 0 Å². The highest BCUT2D eigenvalue weighted by molar-refractivity contribution is 6.13. The fraction of sp³-hybridized carbons (Fsp3) is 0.104. The van der Waals surface area contributed by atoms with Gasteiger partial charge in [-0.2, -0.15) is 0 Å². The normalized spacial score (nSPS) is 14.6. The van der Waals surface area contributed by atoms with Crippen LogP contribution in [0.25, 0.3) is 88.9 Å². The molecule has 0 unspecified atom stereocenters. The average molecular weight is 683 g/mol. The summed E-state index contributed by atoms with van der Waals surface area (Å²) in [6.07, 6.45) is 8.26. The molecular weight excluding hydrogens is 649 g/mol. The van der Waals surface area contributed by atoms with Crippen LogP contribution >= 0.6 is 0 Å². The van der Waals surface area contributed by atoms with Crippen LogP contribution in [0.3, 0.4) is 0 Å². The summed E-state index contributed by atoms with van der Waals surface area (Å²) in [5.74, 6) is 2.03. The van der Waals surface area contributed by atoms with E-state index in [0.29, 0.717) is 11.6 Å². The molecule has 3 aromatic heterocycles. The van der Waals surface area contributed by atoms with Gasteiger partial charge in [0.25, 0.3) is 0 Å². The van der Waals surface area contributed by atoms with Crippen molar-refractivity contribution in [3.63, 3.8) is 0 Å². The van der Waals surface area contributed by atoms with Gasteiger partial charge in [0.1, 0.15) is 11.2 Å². The van der Waals surface area contributed by atoms with E-state index in [1.54, 1.807) is 0 Å². The third kappa shape index (κ3) is 4.53. The van der Waals surface area contributed by atoms with Crippen molar-refractivity contribution in [2.45, 2.75) is 32.1 Å². The minimum Gasteiger partial charge on any atom is -0.456 e. The fourth-order valence-electron chi connectivity index (χ4n) is 8.60. The first-order valence-electron chi connectivity index (χ1n) is 18.3. The van der Waals surface area contributed by atoms with Gasteiger partial charge in [0.05, 0.1) is 16.7 Å². The van der Waals surface area contributed by atoms with E-state index in [4.69, 9.17) is 19.4 Å². The Balaban J connectivity index is 1.02. The number of furan rings is 1. The van der Waals surface area contributed by atoms with E-state index in [1.807, 2.05) is 30.3 Å². The zero-order valence-corrected chi connectivity index (χ0v) is 29.5. The van der Waals surface area contributed by atoms with Crippen molar-refractivity contribution in [3.05, 3.63) is 163 Å². The van der Waals surface area contributed by atoms with E-state index < -0.39 is 0 Å². The Morgan fingerprint density at radius 2 is 1.30 bits per heavy atom. The lowest BCUT2D eigenvalue weighted by Crippen LogP contribution is -2.26. The van der Waals surface area contributed by atoms with Crippen LogP contribution in [0.4, 0.5) is 0 Å². The van der Waals surface area contributed by atoms with Gasteiger partial charge in [-0.1, -0.05) is 117 Å². The monoisotopic (exact) mass is 682 g/mol. The molecule has 0 radical (unpaired) electrons. The van der Waals surface area contributed by atoms with Crippen molar-refractivity contribution in [2.24, 2.45) is 0 Å². The summed E-state index contributed by atoms with van der Waals surface area (Å²) in [6, 6.07) is 45.5. The third-order valence-electron chi connectivity index (χ3n) is 11.3. The molecule has 2 aliphatic rings. The molecule has 0 bridgehead atoms. The predicted octanol–water partition coefficient (Wildman–Crippen LogP) is 12.2. The van der Waals surface area contributed by atoms with E-state index >= 15 is 0 Å². The molecule has 0 spiro atoms. The number of aromatic nitrogens is 4. The van der Waals surface area contributed by atoms with Crippen LogP contribution in [-0.4, -0.2) is 19.5 Å². The summed E-state index contributed by atoms with van der Waals surface area (Å²) in [5.41, 5.74) is 13.4. The zero-order valence-electron chi connectivity index (χ0n) is 29.5. The maximum Gasteiger partial charge on any atom is 0.164 e. The number of allylic oxidation sites excluding steroid dienone is 4. The Labute approximate surface area is 306 Å². The first kappa shape index (κ1) is 30.1. The summed E-state index contributed by atoms with van der Waals surface area (Å²) in [7, 11) is 0. The van der Waals surface area contributed by atoms with Crippen LogP contribution in [0.1, 0.15) is 43.6 Å². The number of hydrogen-bond donors (Lipinski definition) is 0. The number of benzene rings is 6. The fourth-order valence-corrected chi connectivity index (χ4v) is 8.60. The molecule has 0 saturated heterocycles. The maximum absolute atomic E-state index is 6.49. The Kier molecular flexibility index (Phi) is 6.36. The number of nitrogens with zero attached hydrogens (tertiary/aromatic N) is 4. The summed E-state index contributed by atoms with van der Waals surface area (Å²) in [6.45, 7) is 4.69. The Morgan fingerprint density at radius 3 is 2.15 bits per heavy atom. The average Bonchev–Trinajstić information content (AvgIpc) is 3.75. The van der Waals surface area contributed by atoms with Crippen LogP contribution in [0, 0.1) is 0 Å². The van der Waals surface area contributed by atoms with Gasteiger partial charge < -0.3 is 8.98 Å². The molecule has 0 saturated carbocycles. The summed E-state index contributed by atoms with van der Waals surface area (Å²) >= 11 is 0. The molecule has 0 N–H and O–H groups in total. The molecular formula is C48H34N4O. The van der Waals surface area contributed by atoms with Crippen LogP contribution in [-0.2, 0) is 5.41 Å². The summed E-state index contributed by atoms with van der Waals surface area (Å²) in [4.78, 5) is 14.8. The molecule has 252 valence electrons. The molecule has 0 fully saturated rings. The van der Waals surface area contributed by atoms with E-state index in [-0.39, 0.29) is 5.41 Å². The molecule has 0 amide bonds. The lowest BCUT2D eigenvalue weighted by molar-refractivity contribution is 0.630. The van der Waals surface area contributed by atoms with Crippen molar-refractivity contribution in [3.8, 4) is 39.6 Å². The summed E-state index contributed by atoms with van der Waals surface area (Å²) < 4.78 is 8.96. The second kappa shape index (κ2) is 11.2. The second-order valence-electron chi connectivity index (χ2n) is 14.8. The molecule has 1 aliphatic carbocycles. The van der Waals surface area contributed by atoms with Crippen molar-refractivity contribution in [2.75, 3.05) is 0 Å². The quantitative estimate of drug-likeness (QED) is 0.185. The molecule has 5 nitrogen and oxygen atoms in total. The molecule has 9 aromatic rings. The van der Waals surface area contributed by atoms with E-state index in [1.165, 1.54) is 44.2 Å². The van der Waals surface area contributed by atoms with Gasteiger partial charge in [-0.05, 0) is 83.1 Å². The van der Waals surface area contributed by atoms with Gasteiger partial charge in [0.15, 0.2) is 17.5 Å². The van der Waals surface area contributed by atoms with Crippen LogP contribution in [0.2, 0.25) is 0 Å². The first-order valence-corrected chi connectivity index (χ1v) is 18.3. The van der Waals surface area contributed by atoms with E-state index in [0.717, 1.165) is 62.9 Å². The van der Waals surface area contributed by atoms with Gasteiger partial charge in [0, 0.05) is 38.1 Å². The number of rotatable bonds is 4. The zero-order chi connectivity index (χ0) is 35.3. The van der Waals surface area contributed by atoms with Gasteiger partial charge in [-0.3, -0.25) is 0 Å². The van der Waals surface area contributed by atoms with Crippen molar-refractivity contribution in [1.82, 2.24) is 19.5 Å². The maximum atomic E-state index is 6.49. The van der Waals surface area contributed by atoms with Gasteiger partial charge in [-0.15, -0.1) is 0 Å². The largest absolute Gasteiger partial charge is 0.456 e. The molecule has 5 heteroatoms. The molecule has 1 aliphatic heterocycles. The van der Waals surface area contributed by atoms with Gasteiger partial charge in [0.2, 0.25) is 0 Å². The highest BCUT2D eigenvalue weighted by Crippen LogP contribution is 2.48. The highest BCUT2D eigenvalue weighted by Gasteiger charge is 2.34. The van der Waals surface area contributed by atoms with Crippen molar-refractivity contribution in [1.29, 1.82) is 0 Å². The predicted molar refractivity (Wildman–Crippen MR) is 216 cm³/mol. The Hall–Kier alpha value is -6.59. The van der Waals surface area contributed by atoms with Gasteiger partial charge in [-0.25, -0.2) is 15.0 Å². The second-order valence-corrected chi connectivity index (χ2v) is 14.8. The number of para-hydroxylation sites is 2. The minimum atomic E-state index is -0.0862. The van der Waals surface area contributed by atoms with Crippen LogP contribution < -0.4 is 0 Å². The smallest absolute Gasteiger partial charge is 0.164 e. The molecule has 53 heavy (non-hydrogen) atoms.